The van der Waals surface area contributed by atoms with Crippen molar-refractivity contribution in [3.63, 3.8) is 0 Å². The molecule has 0 atom stereocenters. The molecule has 2 aromatic rings. The lowest BCUT2D eigenvalue weighted by Crippen LogP contribution is -2.31. The van der Waals surface area contributed by atoms with Crippen LogP contribution in [0.1, 0.15) is 30.3 Å². The van der Waals surface area contributed by atoms with Crippen molar-refractivity contribution in [3.05, 3.63) is 41.5 Å². The Labute approximate surface area is 119 Å². The number of fused-ring (bicyclic) bond motifs is 1. The molecule has 20 heavy (non-hydrogen) atoms. The van der Waals surface area contributed by atoms with Gasteiger partial charge in [0.05, 0.1) is 6.54 Å². The lowest BCUT2D eigenvalue weighted by atomic mass is 9.98. The summed E-state index contributed by atoms with van der Waals surface area (Å²) in [6, 6.07) is 6.21. The molecule has 0 fully saturated rings. The van der Waals surface area contributed by atoms with E-state index in [1.807, 2.05) is 16.8 Å². The number of anilines is 1. The van der Waals surface area contributed by atoms with Crippen LogP contribution in [0.25, 0.3) is 0 Å². The smallest absolute Gasteiger partial charge is 0.141 e. The third-order valence-corrected chi connectivity index (χ3v) is 3.88. The molecule has 1 aliphatic heterocycles. The average molecular weight is 271 g/mol. The number of rotatable bonds is 4. The lowest BCUT2D eigenvalue weighted by molar-refractivity contribution is 0.235. The molecule has 0 aliphatic carbocycles. The van der Waals surface area contributed by atoms with Gasteiger partial charge in [-0.2, -0.15) is 5.10 Å². The van der Waals surface area contributed by atoms with Gasteiger partial charge in [0, 0.05) is 25.3 Å². The maximum Gasteiger partial charge on any atom is 0.141 e. The largest absolute Gasteiger partial charge is 0.398 e. The monoisotopic (exact) mass is 271 g/mol. The Kier molecular flexibility index (Phi) is 3.69. The van der Waals surface area contributed by atoms with Crippen molar-refractivity contribution < 1.29 is 0 Å². The molecule has 0 saturated heterocycles. The minimum absolute atomic E-state index is 0.841. The first-order chi connectivity index (χ1) is 9.78. The highest BCUT2D eigenvalue weighted by Crippen LogP contribution is 2.24. The maximum atomic E-state index is 6.09. The van der Waals surface area contributed by atoms with E-state index in [2.05, 4.69) is 28.0 Å². The summed E-state index contributed by atoms with van der Waals surface area (Å²) >= 11 is 0. The molecule has 0 amide bonds. The highest BCUT2D eigenvalue weighted by Gasteiger charge is 2.19. The van der Waals surface area contributed by atoms with Crippen molar-refractivity contribution in [1.29, 1.82) is 0 Å². The molecule has 1 aromatic carbocycles. The van der Waals surface area contributed by atoms with E-state index in [4.69, 9.17) is 5.73 Å². The first-order valence-electron chi connectivity index (χ1n) is 7.23. The molecule has 0 unspecified atom stereocenters. The molecule has 5 nitrogen and oxygen atoms in total. The van der Waals surface area contributed by atoms with E-state index in [9.17, 15) is 0 Å². The normalized spacial score (nSPS) is 15.2. The van der Waals surface area contributed by atoms with Gasteiger partial charge in [0.25, 0.3) is 0 Å². The fraction of sp³-hybridized carbons (Fsp3) is 0.467. The van der Waals surface area contributed by atoms with Crippen LogP contribution in [0.15, 0.2) is 24.5 Å². The molecule has 2 N–H and O–H groups in total. The number of nitrogens with zero attached hydrogens (tertiary/aromatic N) is 4. The fourth-order valence-corrected chi connectivity index (χ4v) is 2.81. The van der Waals surface area contributed by atoms with Crippen LogP contribution in [0.4, 0.5) is 5.69 Å². The van der Waals surface area contributed by atoms with E-state index in [1.165, 1.54) is 11.1 Å². The van der Waals surface area contributed by atoms with Crippen molar-refractivity contribution >= 4 is 5.69 Å². The molecular formula is C15H21N5. The molecule has 106 valence electrons. The second-order valence-corrected chi connectivity index (χ2v) is 5.34. The topological polar surface area (TPSA) is 60.0 Å². The van der Waals surface area contributed by atoms with Crippen molar-refractivity contribution in [1.82, 2.24) is 19.7 Å². The minimum atomic E-state index is 0.841. The molecule has 0 radical (unpaired) electrons. The van der Waals surface area contributed by atoms with Crippen molar-refractivity contribution in [2.24, 2.45) is 0 Å². The summed E-state index contributed by atoms with van der Waals surface area (Å²) in [5.74, 6) is 1.05. The van der Waals surface area contributed by atoms with Crippen molar-refractivity contribution in [3.8, 4) is 0 Å². The summed E-state index contributed by atoms with van der Waals surface area (Å²) in [5, 5.41) is 4.29. The molecule has 1 aliphatic rings. The van der Waals surface area contributed by atoms with E-state index in [0.29, 0.717) is 0 Å². The van der Waals surface area contributed by atoms with Gasteiger partial charge in [0.2, 0.25) is 0 Å². The highest BCUT2D eigenvalue weighted by atomic mass is 15.3. The minimum Gasteiger partial charge on any atom is -0.398 e. The zero-order valence-corrected chi connectivity index (χ0v) is 11.9. The summed E-state index contributed by atoms with van der Waals surface area (Å²) in [7, 11) is 0. The van der Waals surface area contributed by atoms with Gasteiger partial charge in [0.15, 0.2) is 0 Å². The molecule has 3 rings (SSSR count). The Bertz CT molecular complexity index is 590. The molecule has 1 aromatic heterocycles. The van der Waals surface area contributed by atoms with Crippen LogP contribution in [0.2, 0.25) is 0 Å². The Balaban J connectivity index is 1.74. The van der Waals surface area contributed by atoms with Crippen LogP contribution in [0.5, 0.6) is 0 Å². The standard InChI is InChI=1S/C15H21N5/c1-2-7-20-15(17-11-18-20)10-19-8-6-12-4-3-5-14(16)13(12)9-19/h3-5,11H,2,6-10,16H2,1H3. The zero-order chi connectivity index (χ0) is 13.9. The Morgan fingerprint density at radius 1 is 1.35 bits per heavy atom. The molecule has 2 heterocycles. The molecule has 5 heteroatoms. The quantitative estimate of drug-likeness (QED) is 0.862. The van der Waals surface area contributed by atoms with Gasteiger partial charge >= 0.3 is 0 Å². The third kappa shape index (κ3) is 2.54. The summed E-state index contributed by atoms with van der Waals surface area (Å²) < 4.78 is 2.00. The maximum absolute atomic E-state index is 6.09. The SMILES string of the molecule is CCCn1ncnc1CN1CCc2cccc(N)c2C1. The van der Waals surface area contributed by atoms with Gasteiger partial charge in [-0.1, -0.05) is 19.1 Å². The van der Waals surface area contributed by atoms with Gasteiger partial charge < -0.3 is 5.73 Å². The fourth-order valence-electron chi connectivity index (χ4n) is 2.81. The number of hydrogen-bond acceptors (Lipinski definition) is 4. The van der Waals surface area contributed by atoms with Crippen molar-refractivity contribution in [2.75, 3.05) is 12.3 Å². The zero-order valence-electron chi connectivity index (χ0n) is 11.9. The Hall–Kier alpha value is -1.88. The predicted octanol–water partition coefficient (Wildman–Crippen LogP) is 1.83. The lowest BCUT2D eigenvalue weighted by Gasteiger charge is -2.29. The van der Waals surface area contributed by atoms with Gasteiger partial charge in [-0.05, 0) is 30.0 Å². The van der Waals surface area contributed by atoms with Crippen LogP contribution >= 0.6 is 0 Å². The second-order valence-electron chi connectivity index (χ2n) is 5.34. The van der Waals surface area contributed by atoms with Crippen LogP contribution in [0, 0.1) is 0 Å². The van der Waals surface area contributed by atoms with Gasteiger partial charge in [-0.15, -0.1) is 0 Å². The molecule has 0 spiro atoms. The number of aromatic nitrogens is 3. The predicted molar refractivity (Wildman–Crippen MR) is 79.0 cm³/mol. The third-order valence-electron chi connectivity index (χ3n) is 3.88. The average Bonchev–Trinajstić information content (AvgIpc) is 2.88. The Morgan fingerprint density at radius 3 is 3.10 bits per heavy atom. The summed E-state index contributed by atoms with van der Waals surface area (Å²) in [4.78, 5) is 6.78. The van der Waals surface area contributed by atoms with Gasteiger partial charge in [0.1, 0.15) is 12.2 Å². The van der Waals surface area contributed by atoms with Gasteiger partial charge in [-0.3, -0.25) is 4.90 Å². The van der Waals surface area contributed by atoms with E-state index in [1.54, 1.807) is 6.33 Å². The second kappa shape index (κ2) is 5.63. The van der Waals surface area contributed by atoms with Crippen LogP contribution < -0.4 is 5.73 Å². The van der Waals surface area contributed by atoms with E-state index >= 15 is 0 Å². The number of aryl methyl sites for hydroxylation is 1. The molecule has 0 saturated carbocycles. The van der Waals surface area contributed by atoms with Crippen LogP contribution in [0.3, 0.4) is 0 Å². The Morgan fingerprint density at radius 2 is 2.25 bits per heavy atom. The highest BCUT2D eigenvalue weighted by molar-refractivity contribution is 5.51. The van der Waals surface area contributed by atoms with E-state index in [-0.39, 0.29) is 0 Å². The van der Waals surface area contributed by atoms with Crippen molar-refractivity contribution in [2.45, 2.75) is 39.4 Å². The number of benzene rings is 1. The summed E-state index contributed by atoms with van der Waals surface area (Å²) in [6.07, 6.45) is 3.78. The number of hydrogen-bond donors (Lipinski definition) is 1. The molecular weight excluding hydrogens is 250 g/mol. The first kappa shape index (κ1) is 13.1. The first-order valence-corrected chi connectivity index (χ1v) is 7.23. The van der Waals surface area contributed by atoms with Crippen LogP contribution in [-0.4, -0.2) is 26.2 Å². The summed E-state index contributed by atoms with van der Waals surface area (Å²) in [5.41, 5.74) is 9.66. The van der Waals surface area contributed by atoms with Crippen LogP contribution in [-0.2, 0) is 26.1 Å². The van der Waals surface area contributed by atoms with E-state index in [0.717, 1.165) is 50.5 Å². The number of nitrogen functional groups attached to an aromatic ring is 1. The number of nitrogens with two attached hydrogens (primary N) is 1. The molecule has 0 bridgehead atoms. The summed E-state index contributed by atoms with van der Waals surface area (Å²) in [6.45, 7) is 5.88. The van der Waals surface area contributed by atoms with Gasteiger partial charge in [-0.25, -0.2) is 9.67 Å². The van der Waals surface area contributed by atoms with E-state index < -0.39 is 0 Å².